The molecule has 1 saturated carbocycles. The average molecular weight is 231 g/mol. The monoisotopic (exact) mass is 231 g/mol. The second-order valence-corrected chi connectivity index (χ2v) is 4.15. The molecule has 0 atom stereocenters. The largest absolute Gasteiger partial charge is 0.384 e. The minimum Gasteiger partial charge on any atom is -0.384 e. The number of nitrogens with zero attached hydrogens (tertiary/aromatic N) is 3. The average Bonchev–Trinajstić information content (AvgIpc) is 3.04. The normalized spacial score (nSPS) is 14.8. The van der Waals surface area contributed by atoms with Gasteiger partial charge in [-0.05, 0) is 12.8 Å². The fourth-order valence-corrected chi connectivity index (χ4v) is 1.61. The molecule has 2 heterocycles. The van der Waals surface area contributed by atoms with E-state index in [2.05, 4.69) is 20.4 Å². The van der Waals surface area contributed by atoms with Gasteiger partial charge in [-0.1, -0.05) is 5.16 Å². The van der Waals surface area contributed by atoms with E-state index in [9.17, 15) is 0 Å². The van der Waals surface area contributed by atoms with Crippen LogP contribution in [-0.4, -0.2) is 15.1 Å². The van der Waals surface area contributed by atoms with Crippen LogP contribution in [0.25, 0.3) is 0 Å². The number of nitrogen functional groups attached to an aromatic ring is 1. The Morgan fingerprint density at radius 2 is 2.29 bits per heavy atom. The Labute approximate surface area is 98.2 Å². The van der Waals surface area contributed by atoms with E-state index in [0.29, 0.717) is 18.3 Å². The molecule has 0 radical (unpaired) electrons. The van der Waals surface area contributed by atoms with Crippen LogP contribution in [0.5, 0.6) is 0 Å². The molecule has 1 aliphatic rings. The lowest BCUT2D eigenvalue weighted by molar-refractivity contribution is 0.412. The van der Waals surface area contributed by atoms with Gasteiger partial charge in [0.05, 0.1) is 6.54 Å². The summed E-state index contributed by atoms with van der Waals surface area (Å²) in [5, 5.41) is 6.97. The summed E-state index contributed by atoms with van der Waals surface area (Å²) in [5.41, 5.74) is 6.58. The van der Waals surface area contributed by atoms with Crippen molar-refractivity contribution in [1.82, 2.24) is 15.1 Å². The topological polar surface area (TPSA) is 89.9 Å². The van der Waals surface area contributed by atoms with Gasteiger partial charge in [0, 0.05) is 18.1 Å². The van der Waals surface area contributed by atoms with Gasteiger partial charge in [0.25, 0.3) is 0 Å². The molecule has 88 valence electrons. The van der Waals surface area contributed by atoms with Crippen molar-refractivity contribution in [2.45, 2.75) is 25.3 Å². The molecule has 0 aliphatic heterocycles. The summed E-state index contributed by atoms with van der Waals surface area (Å²) < 4.78 is 4.75. The van der Waals surface area contributed by atoms with Crippen LogP contribution in [0.2, 0.25) is 0 Å². The van der Waals surface area contributed by atoms with Crippen molar-refractivity contribution in [2.24, 2.45) is 0 Å². The summed E-state index contributed by atoms with van der Waals surface area (Å²) in [5.74, 6) is 2.57. The Morgan fingerprint density at radius 3 is 3.00 bits per heavy atom. The SMILES string of the molecule is Nc1cc(NCc2ccon2)nc(C2CC2)n1. The van der Waals surface area contributed by atoms with Crippen molar-refractivity contribution in [3.05, 3.63) is 29.9 Å². The van der Waals surface area contributed by atoms with Gasteiger partial charge in [0.1, 0.15) is 29.4 Å². The smallest absolute Gasteiger partial charge is 0.136 e. The summed E-state index contributed by atoms with van der Waals surface area (Å²) in [4.78, 5) is 8.67. The maximum absolute atomic E-state index is 5.75. The quantitative estimate of drug-likeness (QED) is 0.829. The van der Waals surface area contributed by atoms with E-state index in [1.54, 1.807) is 18.4 Å². The van der Waals surface area contributed by atoms with Crippen molar-refractivity contribution in [3.8, 4) is 0 Å². The van der Waals surface area contributed by atoms with E-state index in [1.807, 2.05) is 0 Å². The molecule has 0 unspecified atom stereocenters. The summed E-state index contributed by atoms with van der Waals surface area (Å²) in [6.07, 6.45) is 3.86. The zero-order valence-corrected chi connectivity index (χ0v) is 9.26. The van der Waals surface area contributed by atoms with Crippen LogP contribution in [-0.2, 0) is 6.54 Å². The minimum absolute atomic E-state index is 0.492. The molecule has 1 fully saturated rings. The van der Waals surface area contributed by atoms with Crippen LogP contribution in [0.15, 0.2) is 22.9 Å². The maximum atomic E-state index is 5.75. The second-order valence-electron chi connectivity index (χ2n) is 4.15. The van der Waals surface area contributed by atoms with Gasteiger partial charge < -0.3 is 15.6 Å². The molecule has 6 nitrogen and oxygen atoms in total. The van der Waals surface area contributed by atoms with Crippen molar-refractivity contribution < 1.29 is 4.52 Å². The molecule has 2 aromatic heterocycles. The van der Waals surface area contributed by atoms with Crippen molar-refractivity contribution in [1.29, 1.82) is 0 Å². The molecule has 0 aromatic carbocycles. The number of rotatable bonds is 4. The standard InChI is InChI=1S/C11H13N5O/c12-9-5-10(13-6-8-3-4-17-16-8)15-11(14-9)7-1-2-7/h3-5,7H,1-2,6H2,(H3,12,13,14,15). The number of nitrogens with one attached hydrogen (secondary N) is 1. The van der Waals surface area contributed by atoms with Gasteiger partial charge in [-0.2, -0.15) is 0 Å². The molecule has 1 aliphatic carbocycles. The Balaban J connectivity index is 1.73. The fraction of sp³-hybridized carbons (Fsp3) is 0.364. The zero-order chi connectivity index (χ0) is 11.7. The number of nitrogens with two attached hydrogens (primary N) is 1. The highest BCUT2D eigenvalue weighted by Gasteiger charge is 2.27. The first-order valence-electron chi connectivity index (χ1n) is 5.59. The first-order chi connectivity index (χ1) is 8.31. The third-order valence-corrected chi connectivity index (χ3v) is 2.65. The molecule has 0 saturated heterocycles. The van der Waals surface area contributed by atoms with E-state index in [0.717, 1.165) is 30.2 Å². The predicted molar refractivity (Wildman–Crippen MR) is 62.2 cm³/mol. The molecular weight excluding hydrogens is 218 g/mol. The molecule has 2 aromatic rings. The van der Waals surface area contributed by atoms with Gasteiger partial charge in [0.2, 0.25) is 0 Å². The fourth-order valence-electron chi connectivity index (χ4n) is 1.61. The van der Waals surface area contributed by atoms with Crippen LogP contribution in [0.3, 0.4) is 0 Å². The maximum Gasteiger partial charge on any atom is 0.136 e. The highest BCUT2D eigenvalue weighted by atomic mass is 16.5. The Morgan fingerprint density at radius 1 is 1.41 bits per heavy atom. The van der Waals surface area contributed by atoms with Crippen LogP contribution < -0.4 is 11.1 Å². The number of aromatic nitrogens is 3. The van der Waals surface area contributed by atoms with Crippen LogP contribution in [0.1, 0.15) is 30.3 Å². The van der Waals surface area contributed by atoms with Gasteiger partial charge in [-0.15, -0.1) is 0 Å². The highest BCUT2D eigenvalue weighted by molar-refractivity contribution is 5.45. The zero-order valence-electron chi connectivity index (χ0n) is 9.26. The van der Waals surface area contributed by atoms with Crippen LogP contribution >= 0.6 is 0 Å². The molecule has 3 N–H and O–H groups in total. The van der Waals surface area contributed by atoms with Gasteiger partial charge in [0.15, 0.2) is 0 Å². The second kappa shape index (κ2) is 4.04. The molecule has 3 rings (SSSR count). The van der Waals surface area contributed by atoms with Crippen LogP contribution in [0, 0.1) is 0 Å². The third kappa shape index (κ3) is 2.35. The Bertz CT molecular complexity index is 507. The molecular formula is C11H13N5O. The van der Waals surface area contributed by atoms with E-state index in [4.69, 9.17) is 10.3 Å². The minimum atomic E-state index is 0.492. The molecule has 6 heteroatoms. The highest BCUT2D eigenvalue weighted by Crippen LogP contribution is 2.38. The van der Waals surface area contributed by atoms with E-state index < -0.39 is 0 Å². The summed E-state index contributed by atoms with van der Waals surface area (Å²) in [7, 11) is 0. The van der Waals surface area contributed by atoms with Crippen molar-refractivity contribution in [3.63, 3.8) is 0 Å². The Hall–Kier alpha value is -2.11. The van der Waals surface area contributed by atoms with E-state index >= 15 is 0 Å². The molecule has 0 spiro atoms. The third-order valence-electron chi connectivity index (χ3n) is 2.65. The Kier molecular flexibility index (Phi) is 2.40. The van der Waals surface area contributed by atoms with Crippen molar-refractivity contribution >= 4 is 11.6 Å². The van der Waals surface area contributed by atoms with Gasteiger partial charge in [-0.25, -0.2) is 9.97 Å². The molecule has 17 heavy (non-hydrogen) atoms. The number of anilines is 2. The van der Waals surface area contributed by atoms with Gasteiger partial charge in [-0.3, -0.25) is 0 Å². The first kappa shape index (κ1) is 10.1. The van der Waals surface area contributed by atoms with E-state index in [1.165, 1.54) is 0 Å². The molecule has 0 bridgehead atoms. The summed E-state index contributed by atoms with van der Waals surface area (Å²) >= 11 is 0. The van der Waals surface area contributed by atoms with Crippen LogP contribution in [0.4, 0.5) is 11.6 Å². The summed E-state index contributed by atoms with van der Waals surface area (Å²) in [6, 6.07) is 3.53. The van der Waals surface area contributed by atoms with E-state index in [-0.39, 0.29) is 0 Å². The number of hydrogen-bond donors (Lipinski definition) is 2. The predicted octanol–water partition coefficient (Wildman–Crippen LogP) is 1.54. The van der Waals surface area contributed by atoms with Gasteiger partial charge >= 0.3 is 0 Å². The van der Waals surface area contributed by atoms with Crippen molar-refractivity contribution in [2.75, 3.05) is 11.1 Å². The first-order valence-corrected chi connectivity index (χ1v) is 5.59. The lowest BCUT2D eigenvalue weighted by atomic mass is 10.3. The number of hydrogen-bond acceptors (Lipinski definition) is 6. The lowest BCUT2D eigenvalue weighted by Crippen LogP contribution is -2.06. The summed E-state index contributed by atoms with van der Waals surface area (Å²) in [6.45, 7) is 0.567. The lowest BCUT2D eigenvalue weighted by Gasteiger charge is -2.06. The molecule has 0 amide bonds.